The molecule has 0 fully saturated rings. The van der Waals surface area contributed by atoms with Gasteiger partial charge in [0.1, 0.15) is 11.2 Å². The average Bonchev–Trinajstić information content (AvgIpc) is 3.04. The van der Waals surface area contributed by atoms with Crippen molar-refractivity contribution in [2.45, 2.75) is 37.7 Å². The Morgan fingerprint density at radius 2 is 1.93 bits per heavy atom. The molecule has 1 N–H and O–H groups in total. The minimum atomic E-state index is -0.576. The Morgan fingerprint density at radius 1 is 1.26 bits per heavy atom. The number of hydrogen-bond acceptors (Lipinski definition) is 6. The van der Waals surface area contributed by atoms with Crippen molar-refractivity contribution in [1.82, 2.24) is 19.4 Å². The zero-order chi connectivity index (χ0) is 19.7. The number of aryl methyl sites for hydroxylation is 1. The van der Waals surface area contributed by atoms with E-state index in [1.165, 1.54) is 27.7 Å². The molecule has 1 amide bonds. The van der Waals surface area contributed by atoms with Crippen LogP contribution in [0.3, 0.4) is 0 Å². The summed E-state index contributed by atoms with van der Waals surface area (Å²) in [6.45, 7) is 5.42. The summed E-state index contributed by atoms with van der Waals surface area (Å²) in [5.41, 5.74) is 0.744. The van der Waals surface area contributed by atoms with Gasteiger partial charge in [-0.3, -0.25) is 14.2 Å². The van der Waals surface area contributed by atoms with Gasteiger partial charge in [0.2, 0.25) is 5.91 Å². The van der Waals surface area contributed by atoms with Crippen molar-refractivity contribution in [2.75, 3.05) is 6.26 Å². The summed E-state index contributed by atoms with van der Waals surface area (Å²) < 4.78 is 3.40. The van der Waals surface area contributed by atoms with Crippen LogP contribution >= 0.6 is 23.1 Å². The maximum Gasteiger partial charge on any atom is 0.337 e. The number of nitrogens with one attached hydrogen (secondary N) is 1. The van der Waals surface area contributed by atoms with E-state index >= 15 is 0 Å². The van der Waals surface area contributed by atoms with Gasteiger partial charge in [0, 0.05) is 6.04 Å². The number of carbonyl (C=O) groups excluding carboxylic acids is 1. The first-order valence-corrected chi connectivity index (χ1v) is 10.4. The van der Waals surface area contributed by atoms with E-state index in [0.717, 1.165) is 10.1 Å². The van der Waals surface area contributed by atoms with Crippen LogP contribution in [0.2, 0.25) is 0 Å². The number of thioether (sulfide) groups is 1. The summed E-state index contributed by atoms with van der Waals surface area (Å²) in [5.74, 6) is -0.304. The van der Waals surface area contributed by atoms with Gasteiger partial charge < -0.3 is 5.32 Å². The van der Waals surface area contributed by atoms with Crippen molar-refractivity contribution in [3.63, 3.8) is 0 Å². The van der Waals surface area contributed by atoms with Crippen molar-refractivity contribution in [3.8, 4) is 5.69 Å². The predicted octanol–water partition coefficient (Wildman–Crippen LogP) is 2.16. The standard InChI is InChI=1S/C18H20N4O3S2/c1-10(2)19-13(23)9-21-15-14(27-17(20-15)26-4)16(24)22(18(21)25)12-7-5-11(3)6-8-12/h5-8,10H,9H2,1-4H3,(H,19,23). The largest absolute Gasteiger partial charge is 0.352 e. The average molecular weight is 405 g/mol. The smallest absolute Gasteiger partial charge is 0.337 e. The first-order chi connectivity index (χ1) is 12.8. The molecule has 0 bridgehead atoms. The van der Waals surface area contributed by atoms with Gasteiger partial charge in [-0.25, -0.2) is 14.3 Å². The summed E-state index contributed by atoms with van der Waals surface area (Å²) in [6, 6.07) is 7.06. The first-order valence-electron chi connectivity index (χ1n) is 8.38. The molecule has 0 saturated heterocycles. The van der Waals surface area contributed by atoms with Crippen LogP contribution < -0.4 is 16.6 Å². The summed E-state index contributed by atoms with van der Waals surface area (Å²) in [5, 5.41) is 2.77. The molecular formula is C18H20N4O3S2. The number of thiazole rings is 1. The van der Waals surface area contributed by atoms with Gasteiger partial charge in [0.05, 0.1) is 5.69 Å². The topological polar surface area (TPSA) is 86.0 Å². The van der Waals surface area contributed by atoms with E-state index in [4.69, 9.17) is 0 Å². The molecule has 27 heavy (non-hydrogen) atoms. The summed E-state index contributed by atoms with van der Waals surface area (Å²) >= 11 is 2.62. The van der Waals surface area contributed by atoms with Crippen LogP contribution in [-0.4, -0.2) is 32.3 Å². The van der Waals surface area contributed by atoms with Crippen LogP contribution in [0, 0.1) is 6.92 Å². The Labute approximate surface area is 164 Å². The second-order valence-corrected chi connectivity index (χ2v) is 8.46. The highest BCUT2D eigenvalue weighted by atomic mass is 32.2. The number of carbonyl (C=O) groups is 1. The minimum Gasteiger partial charge on any atom is -0.352 e. The van der Waals surface area contributed by atoms with E-state index in [9.17, 15) is 14.4 Å². The van der Waals surface area contributed by atoms with Crippen molar-refractivity contribution in [1.29, 1.82) is 0 Å². The van der Waals surface area contributed by atoms with Gasteiger partial charge in [-0.2, -0.15) is 0 Å². The van der Waals surface area contributed by atoms with Crippen LogP contribution in [0.25, 0.3) is 16.0 Å². The lowest BCUT2D eigenvalue weighted by molar-refractivity contribution is -0.122. The second kappa shape index (κ2) is 7.69. The molecule has 1 aromatic carbocycles. The zero-order valence-electron chi connectivity index (χ0n) is 15.5. The Morgan fingerprint density at radius 3 is 2.52 bits per heavy atom. The first kappa shape index (κ1) is 19.4. The minimum absolute atomic E-state index is 0.0520. The van der Waals surface area contributed by atoms with Crippen molar-refractivity contribution < 1.29 is 4.79 Å². The third-order valence-corrected chi connectivity index (χ3v) is 5.90. The molecule has 9 heteroatoms. The molecule has 0 saturated carbocycles. The number of amides is 1. The molecule has 3 aromatic rings. The Balaban J connectivity index is 2.27. The number of nitrogens with zero attached hydrogens (tertiary/aromatic N) is 3. The Kier molecular flexibility index (Phi) is 5.52. The fraction of sp³-hybridized carbons (Fsp3) is 0.333. The van der Waals surface area contributed by atoms with Gasteiger partial charge in [-0.05, 0) is 39.2 Å². The molecule has 0 radical (unpaired) electrons. The highest BCUT2D eigenvalue weighted by Crippen LogP contribution is 2.25. The van der Waals surface area contributed by atoms with Gasteiger partial charge in [-0.15, -0.1) is 11.3 Å². The van der Waals surface area contributed by atoms with Crippen LogP contribution in [-0.2, 0) is 11.3 Å². The summed E-state index contributed by atoms with van der Waals surface area (Å²) in [7, 11) is 0. The lowest BCUT2D eigenvalue weighted by atomic mass is 10.2. The van der Waals surface area contributed by atoms with E-state index in [1.807, 2.05) is 39.2 Å². The summed E-state index contributed by atoms with van der Waals surface area (Å²) in [6.07, 6.45) is 1.85. The monoisotopic (exact) mass is 404 g/mol. The van der Waals surface area contributed by atoms with Crippen molar-refractivity contribution in [2.24, 2.45) is 0 Å². The highest BCUT2D eigenvalue weighted by Gasteiger charge is 2.20. The maximum atomic E-state index is 13.1. The molecule has 142 valence electrons. The molecule has 0 aliphatic carbocycles. The normalized spacial score (nSPS) is 11.3. The molecule has 0 atom stereocenters. The molecule has 0 aliphatic rings. The molecule has 2 aromatic heterocycles. The van der Waals surface area contributed by atoms with Gasteiger partial charge in [0.15, 0.2) is 9.99 Å². The number of fused-ring (bicyclic) bond motifs is 1. The lowest BCUT2D eigenvalue weighted by Gasteiger charge is -2.13. The third-order valence-electron chi connectivity index (χ3n) is 3.88. The quantitative estimate of drug-likeness (QED) is 0.659. The van der Waals surface area contributed by atoms with Crippen molar-refractivity contribution >= 4 is 39.4 Å². The molecule has 0 aliphatic heterocycles. The maximum absolute atomic E-state index is 13.1. The van der Waals surface area contributed by atoms with Gasteiger partial charge in [-0.1, -0.05) is 29.5 Å². The van der Waals surface area contributed by atoms with E-state index in [-0.39, 0.29) is 24.1 Å². The number of hydrogen-bond donors (Lipinski definition) is 1. The molecule has 7 nitrogen and oxygen atoms in total. The van der Waals surface area contributed by atoms with Crippen LogP contribution in [0.15, 0.2) is 38.2 Å². The number of benzene rings is 1. The fourth-order valence-corrected chi connectivity index (χ4v) is 4.17. The van der Waals surface area contributed by atoms with Crippen LogP contribution in [0.1, 0.15) is 19.4 Å². The number of aromatic nitrogens is 3. The lowest BCUT2D eigenvalue weighted by Crippen LogP contribution is -2.42. The van der Waals surface area contributed by atoms with E-state index in [0.29, 0.717) is 14.7 Å². The molecule has 3 rings (SSSR count). The van der Waals surface area contributed by atoms with Crippen LogP contribution in [0.4, 0.5) is 0 Å². The SMILES string of the molecule is CSc1nc2c(s1)c(=O)n(-c1ccc(C)cc1)c(=O)n2CC(=O)NC(C)C. The van der Waals surface area contributed by atoms with E-state index in [1.54, 1.807) is 12.1 Å². The Bertz CT molecular complexity index is 1110. The molecule has 0 unspecified atom stereocenters. The second-order valence-electron chi connectivity index (χ2n) is 6.40. The predicted molar refractivity (Wildman–Crippen MR) is 109 cm³/mol. The number of rotatable bonds is 5. The van der Waals surface area contributed by atoms with E-state index < -0.39 is 11.2 Å². The highest BCUT2D eigenvalue weighted by molar-refractivity contribution is 8.00. The van der Waals surface area contributed by atoms with Crippen LogP contribution in [0.5, 0.6) is 0 Å². The molecular weight excluding hydrogens is 384 g/mol. The third kappa shape index (κ3) is 3.84. The molecule has 0 spiro atoms. The van der Waals surface area contributed by atoms with Gasteiger partial charge in [0.25, 0.3) is 5.56 Å². The van der Waals surface area contributed by atoms with Crippen molar-refractivity contribution in [3.05, 3.63) is 50.7 Å². The van der Waals surface area contributed by atoms with Gasteiger partial charge >= 0.3 is 5.69 Å². The zero-order valence-corrected chi connectivity index (χ0v) is 17.1. The molecule has 2 heterocycles. The fourth-order valence-electron chi connectivity index (χ4n) is 2.68. The summed E-state index contributed by atoms with van der Waals surface area (Å²) in [4.78, 5) is 42.8. The van der Waals surface area contributed by atoms with E-state index in [2.05, 4.69) is 10.3 Å². The Hall–Kier alpha value is -2.39.